The maximum absolute atomic E-state index is 12.2. The molecule has 4 aliphatic carbocycles. The first kappa shape index (κ1) is 85.8. The summed E-state index contributed by atoms with van der Waals surface area (Å²) < 4.78 is 88.8. The lowest BCUT2D eigenvalue weighted by Crippen LogP contribution is -2.68. The highest BCUT2D eigenvalue weighted by Crippen LogP contribution is 2.71. The molecule has 39 heteroatoms. The number of rotatable bonds is 25. The van der Waals surface area contributed by atoms with Gasteiger partial charge in [0.2, 0.25) is 0 Å². The number of fused-ring (bicyclic) bond motifs is 7. The largest absolute Gasteiger partial charge is 0.394 e. The number of aliphatic hydroxyl groups excluding tert-OH is 23. The summed E-state index contributed by atoms with van der Waals surface area (Å²) in [6.07, 6.45) is -57.7. The molecule has 626 valence electrons. The molecule has 8 heterocycles. The Balaban J connectivity index is 0.690. The van der Waals surface area contributed by atoms with E-state index in [-0.39, 0.29) is 47.2 Å². The highest BCUT2D eigenvalue weighted by atomic mass is 16.8. The second-order valence-electron chi connectivity index (χ2n) is 32.7. The minimum absolute atomic E-state index is 0.0978. The normalized spacial score (nSPS) is 55.1. The molecule has 12 fully saturated rings. The third-order valence-corrected chi connectivity index (χ3v) is 26.4. The molecule has 0 aromatic carbocycles. The van der Waals surface area contributed by atoms with E-state index in [1.54, 1.807) is 0 Å². The van der Waals surface area contributed by atoms with Crippen molar-refractivity contribution in [2.75, 3.05) is 52.9 Å². The van der Waals surface area contributed by atoms with E-state index < -0.39 is 273 Å². The number of hydrogen-bond donors (Lipinski definition) is 24. The van der Waals surface area contributed by atoms with Gasteiger partial charge in [-0.05, 0) is 104 Å². The second kappa shape index (κ2) is 34.9. The highest BCUT2D eigenvalue weighted by Gasteiger charge is 2.69. The fourth-order valence-corrected chi connectivity index (χ4v) is 20.0. The summed E-state index contributed by atoms with van der Waals surface area (Å²) in [5.41, 5.74) is -0.220. The Morgan fingerprint density at radius 2 is 0.769 bits per heavy atom. The SMILES string of the molecule is CC1C2C(CC3C4CC[C@@H]5C[C@@H](O[C@@H]6O[C@H](CO)[C@@H](O[C@@H]7O[C@H](CO[C@@H]8O[C@H](CO)[C@H](O[C@@H]9O[C@H](CO)[C@@H](O)[C@H](O)[C@H]9O)[C@H](O)[C@H]8O)[C@@H](O)[C@H](O)[C@H]7O[C@H]7O[C@H](CO)[C@H](O[C@@H]8O[C@H](CO)[C@@H](O)[C@H](O)[C@H]8O)[C@H](O)[C@H]7O)[C@H](O)[C@H]6O)CC[C@]5(C)C4CC[C@@]32C)O[C@]1(O)CC[C@@H](C)CO[C@@H]1O[C@H](CO)[C@@H](O)[C@H](O)[C@H]1O. The molecule has 0 aromatic rings. The van der Waals surface area contributed by atoms with E-state index in [9.17, 15) is 123 Å². The highest BCUT2D eigenvalue weighted by molar-refractivity contribution is 5.15. The van der Waals surface area contributed by atoms with Crippen molar-refractivity contribution in [2.24, 2.45) is 52.3 Å². The number of aliphatic hydroxyl groups is 24. The molecule has 12 aliphatic rings. The Bertz CT molecular complexity index is 2840. The zero-order chi connectivity index (χ0) is 78.2. The molecule has 6 unspecified atom stereocenters. The first-order valence-corrected chi connectivity index (χ1v) is 37.9. The van der Waals surface area contributed by atoms with Crippen LogP contribution < -0.4 is 0 Å². The lowest BCUT2D eigenvalue weighted by molar-refractivity contribution is -0.400. The summed E-state index contributed by atoms with van der Waals surface area (Å²) in [6, 6.07) is 0. The third-order valence-electron chi connectivity index (χ3n) is 26.4. The first-order chi connectivity index (χ1) is 51.2. The van der Waals surface area contributed by atoms with Crippen LogP contribution in [0.3, 0.4) is 0 Å². The van der Waals surface area contributed by atoms with Crippen molar-refractivity contribution in [3.63, 3.8) is 0 Å². The molecule has 24 N–H and O–H groups in total. The van der Waals surface area contributed by atoms with E-state index in [0.717, 1.165) is 38.5 Å². The Morgan fingerprint density at radius 1 is 0.380 bits per heavy atom. The Morgan fingerprint density at radius 3 is 1.28 bits per heavy atom. The van der Waals surface area contributed by atoms with E-state index in [4.69, 9.17) is 71.1 Å². The van der Waals surface area contributed by atoms with Crippen LogP contribution in [0.1, 0.15) is 91.9 Å². The van der Waals surface area contributed by atoms with Crippen LogP contribution in [-0.4, -0.2) is 408 Å². The third kappa shape index (κ3) is 16.2. The molecule has 0 aromatic heterocycles. The molecular formula is C69H116O39. The van der Waals surface area contributed by atoms with Gasteiger partial charge in [0.15, 0.2) is 49.8 Å². The summed E-state index contributed by atoms with van der Waals surface area (Å²) in [5, 5.41) is 261. The maximum Gasteiger partial charge on any atom is 0.187 e. The van der Waals surface area contributed by atoms with Crippen molar-refractivity contribution in [1.82, 2.24) is 0 Å². The minimum atomic E-state index is -2.26. The van der Waals surface area contributed by atoms with Crippen LogP contribution in [0.25, 0.3) is 0 Å². The zero-order valence-electron chi connectivity index (χ0n) is 60.5. The molecular weight excluding hydrogens is 1450 g/mol. The van der Waals surface area contributed by atoms with Crippen LogP contribution in [0, 0.1) is 52.3 Å². The van der Waals surface area contributed by atoms with Crippen molar-refractivity contribution in [3.05, 3.63) is 0 Å². The van der Waals surface area contributed by atoms with Gasteiger partial charge in [0.05, 0.1) is 65.1 Å². The van der Waals surface area contributed by atoms with Gasteiger partial charge in [-0.3, -0.25) is 0 Å². The molecule has 108 heavy (non-hydrogen) atoms. The van der Waals surface area contributed by atoms with Crippen LogP contribution in [0.4, 0.5) is 0 Å². The van der Waals surface area contributed by atoms with Crippen LogP contribution in [-0.2, 0) is 71.1 Å². The Kier molecular flexibility index (Phi) is 27.8. The van der Waals surface area contributed by atoms with Crippen molar-refractivity contribution in [3.8, 4) is 0 Å². The number of ether oxygens (including phenoxy) is 15. The van der Waals surface area contributed by atoms with Crippen molar-refractivity contribution in [1.29, 1.82) is 0 Å². The number of hydrogen-bond acceptors (Lipinski definition) is 39. The van der Waals surface area contributed by atoms with E-state index >= 15 is 0 Å². The molecule has 0 radical (unpaired) electrons. The molecule has 47 atom stereocenters. The van der Waals surface area contributed by atoms with Gasteiger partial charge in [-0.15, -0.1) is 0 Å². The van der Waals surface area contributed by atoms with Crippen molar-refractivity contribution >= 4 is 0 Å². The van der Waals surface area contributed by atoms with Crippen LogP contribution in [0.2, 0.25) is 0 Å². The second-order valence-corrected chi connectivity index (χ2v) is 32.7. The van der Waals surface area contributed by atoms with Gasteiger partial charge in [0.25, 0.3) is 0 Å². The average molecular weight is 1570 g/mol. The summed E-state index contributed by atoms with van der Waals surface area (Å²) in [5.74, 6) is -0.362. The summed E-state index contributed by atoms with van der Waals surface area (Å²) in [6.45, 7) is 2.66. The Labute approximate surface area is 621 Å². The summed E-state index contributed by atoms with van der Waals surface area (Å²) in [4.78, 5) is 0. The topological polar surface area (TPSA) is 624 Å². The molecule has 8 aliphatic heterocycles. The van der Waals surface area contributed by atoms with Crippen molar-refractivity contribution < 1.29 is 194 Å². The first-order valence-electron chi connectivity index (χ1n) is 37.9. The standard InChI is InChI=1S/C69H116O39/c1-23(21-94-60-50(87)43(80)39(76)31(15-70)97-60)7-12-69(93)24(2)38-30(108-69)14-29-27-6-5-25-13-26(8-10-67(25,3)28(27)9-11-68(29,38)4)96-62-54(91)48(85)58(36(20-75)101-62)106-66-59(107-65-55(92)49(86)57(35(19-74)102-65)105-64-52(89)45(82)41(78)33(17-72)99-64)46(83)42(79)37(103-66)22-95-61-53(90)47(84)56(34(18-73)100-61)104-63-51(88)44(81)40(77)32(16-71)98-63/h23-66,70-93H,5-22H2,1-4H3/t23-,24?,25-,26+,27?,28?,29?,30?,31-,32-,33-,34-,35-,36-,37-,38?,39-,40-,41-,42-,43+,44+,45+,46+,47-,48-,49-,50-,51-,52-,53-,54-,55-,56+,57+,58-,59-,60-,61-,62-,63+,64+,65-,66+,67+,68+,69-/m1/s1. The fraction of sp³-hybridized carbons (Fsp3) is 1.00. The van der Waals surface area contributed by atoms with E-state index in [1.807, 2.05) is 6.92 Å². The molecule has 0 spiro atoms. The molecule has 0 amide bonds. The Hall–Kier alpha value is -1.56. The summed E-state index contributed by atoms with van der Waals surface area (Å²) >= 11 is 0. The van der Waals surface area contributed by atoms with Crippen molar-refractivity contribution in [2.45, 2.75) is 325 Å². The predicted octanol–water partition coefficient (Wildman–Crippen LogP) is -10.5. The van der Waals surface area contributed by atoms with E-state index in [2.05, 4.69) is 20.8 Å². The maximum atomic E-state index is 12.2. The van der Waals surface area contributed by atoms with Gasteiger partial charge in [-0.25, -0.2) is 0 Å². The van der Waals surface area contributed by atoms with Gasteiger partial charge in [0.1, 0.15) is 171 Å². The van der Waals surface area contributed by atoms with Crippen LogP contribution in [0.15, 0.2) is 0 Å². The van der Waals surface area contributed by atoms with Gasteiger partial charge in [-0.1, -0.05) is 27.7 Å². The lowest BCUT2D eigenvalue weighted by atomic mass is 9.44. The minimum Gasteiger partial charge on any atom is -0.394 e. The molecule has 39 nitrogen and oxygen atoms in total. The van der Waals surface area contributed by atoms with Gasteiger partial charge in [-0.2, -0.15) is 0 Å². The molecule has 12 rings (SSSR count). The predicted molar refractivity (Wildman–Crippen MR) is 350 cm³/mol. The smallest absolute Gasteiger partial charge is 0.187 e. The van der Waals surface area contributed by atoms with E-state index in [1.165, 1.54) is 0 Å². The van der Waals surface area contributed by atoms with E-state index in [0.29, 0.717) is 43.4 Å². The van der Waals surface area contributed by atoms with Gasteiger partial charge < -0.3 is 194 Å². The monoisotopic (exact) mass is 1570 g/mol. The summed E-state index contributed by atoms with van der Waals surface area (Å²) in [7, 11) is 0. The van der Waals surface area contributed by atoms with Gasteiger partial charge >= 0.3 is 0 Å². The molecule has 8 saturated heterocycles. The fourth-order valence-electron chi connectivity index (χ4n) is 20.0. The molecule has 4 saturated carbocycles. The van der Waals surface area contributed by atoms with Gasteiger partial charge in [0, 0.05) is 12.3 Å². The quantitative estimate of drug-likeness (QED) is 0.0377. The molecule has 0 bridgehead atoms. The van der Waals surface area contributed by atoms with Crippen LogP contribution >= 0.6 is 0 Å². The zero-order valence-corrected chi connectivity index (χ0v) is 60.5. The van der Waals surface area contributed by atoms with Crippen LogP contribution in [0.5, 0.6) is 0 Å². The average Bonchev–Trinajstić information content (AvgIpc) is 1.51. The lowest BCUT2D eigenvalue weighted by Gasteiger charge is -2.61.